The van der Waals surface area contributed by atoms with E-state index in [1.54, 1.807) is 0 Å². The number of aliphatic hydroxyl groups is 1. The van der Waals surface area contributed by atoms with Crippen LogP contribution < -0.4 is 16.8 Å². The number of nitrogens with one attached hydrogen (secondary N) is 1. The van der Waals surface area contributed by atoms with Crippen LogP contribution >= 0.6 is 0 Å². The number of unbranched alkanes of at least 4 members (excludes halogenated alkanes) is 1. The van der Waals surface area contributed by atoms with Gasteiger partial charge < -0.3 is 21.9 Å². The summed E-state index contributed by atoms with van der Waals surface area (Å²) in [5.41, 5.74) is 10.3. The van der Waals surface area contributed by atoms with Crippen molar-refractivity contribution < 1.29 is 5.11 Å². The Balaban J connectivity index is 0. The van der Waals surface area contributed by atoms with E-state index in [0.717, 1.165) is 39.0 Å². The number of hydrogen-bond acceptors (Lipinski definition) is 4. The normalized spacial score (nSPS) is 9.00. The maximum Gasteiger partial charge on any atom is 0.0555 e. The predicted molar refractivity (Wildman–Crippen MR) is 53.0 cm³/mol. The highest BCUT2D eigenvalue weighted by molar-refractivity contribution is 4.38. The second-order valence-electron chi connectivity index (χ2n) is 2.36. The summed E-state index contributed by atoms with van der Waals surface area (Å²) < 4.78 is 0. The van der Waals surface area contributed by atoms with Gasteiger partial charge in [-0.1, -0.05) is 6.92 Å². The lowest BCUT2D eigenvalue weighted by atomic mass is 10.3. The molecule has 0 amide bonds. The minimum atomic E-state index is 0.244. The smallest absolute Gasteiger partial charge is 0.0555 e. The van der Waals surface area contributed by atoms with Gasteiger partial charge in [-0.15, -0.1) is 0 Å². The van der Waals surface area contributed by atoms with Gasteiger partial charge in [-0.2, -0.15) is 0 Å². The largest absolute Gasteiger partial charge is 0.395 e. The van der Waals surface area contributed by atoms with Gasteiger partial charge in [-0.3, -0.25) is 0 Å². The Morgan fingerprint density at radius 2 is 1.67 bits per heavy atom. The fourth-order valence-corrected chi connectivity index (χ4v) is 0.545. The number of rotatable bonds is 6. The monoisotopic (exact) mass is 177 g/mol. The van der Waals surface area contributed by atoms with E-state index < -0.39 is 0 Å². The highest BCUT2D eigenvalue weighted by atomic mass is 16.3. The third-order valence-electron chi connectivity index (χ3n) is 1.20. The zero-order valence-corrected chi connectivity index (χ0v) is 8.05. The van der Waals surface area contributed by atoms with Crippen LogP contribution in [-0.2, 0) is 0 Å². The van der Waals surface area contributed by atoms with Crippen LogP contribution in [0.2, 0.25) is 0 Å². The quantitative estimate of drug-likeness (QED) is 0.403. The third-order valence-corrected chi connectivity index (χ3v) is 1.20. The summed E-state index contributed by atoms with van der Waals surface area (Å²) in [4.78, 5) is 0. The van der Waals surface area contributed by atoms with Crippen LogP contribution in [0.15, 0.2) is 0 Å². The average Bonchev–Trinajstić information content (AvgIpc) is 2.12. The minimum absolute atomic E-state index is 0.244. The second kappa shape index (κ2) is 17.1. The van der Waals surface area contributed by atoms with Crippen LogP contribution in [0.25, 0.3) is 0 Å². The molecule has 0 spiro atoms. The zero-order chi connectivity index (χ0) is 9.66. The molecule has 0 rings (SSSR count). The van der Waals surface area contributed by atoms with Crippen LogP contribution in [-0.4, -0.2) is 37.9 Å². The SMILES string of the molecule is CCNCCO.NCCCCN. The summed E-state index contributed by atoms with van der Waals surface area (Å²) in [6, 6.07) is 0. The van der Waals surface area contributed by atoms with E-state index in [-0.39, 0.29) is 6.61 Å². The molecule has 0 saturated carbocycles. The molecule has 0 unspecified atom stereocenters. The minimum Gasteiger partial charge on any atom is -0.395 e. The molecule has 0 aliphatic carbocycles. The van der Waals surface area contributed by atoms with Gasteiger partial charge in [-0.05, 0) is 32.5 Å². The van der Waals surface area contributed by atoms with E-state index >= 15 is 0 Å². The van der Waals surface area contributed by atoms with Crippen molar-refractivity contribution in [2.24, 2.45) is 11.5 Å². The molecular formula is C8H23N3O. The van der Waals surface area contributed by atoms with Gasteiger partial charge >= 0.3 is 0 Å². The van der Waals surface area contributed by atoms with E-state index in [2.05, 4.69) is 5.32 Å². The number of hydrogen-bond donors (Lipinski definition) is 4. The molecule has 0 radical (unpaired) electrons. The van der Waals surface area contributed by atoms with Crippen LogP contribution in [0.1, 0.15) is 19.8 Å². The third kappa shape index (κ3) is 22.5. The van der Waals surface area contributed by atoms with Crippen molar-refractivity contribution in [2.45, 2.75) is 19.8 Å². The highest BCUT2D eigenvalue weighted by Crippen LogP contribution is 1.77. The first-order chi connectivity index (χ1) is 5.83. The summed E-state index contributed by atoms with van der Waals surface area (Å²) >= 11 is 0. The Hall–Kier alpha value is -0.160. The lowest BCUT2D eigenvalue weighted by molar-refractivity contribution is 0.293. The fraction of sp³-hybridized carbons (Fsp3) is 1.00. The van der Waals surface area contributed by atoms with E-state index in [1.807, 2.05) is 6.92 Å². The van der Waals surface area contributed by atoms with Crippen molar-refractivity contribution in [1.82, 2.24) is 5.32 Å². The summed E-state index contributed by atoms with van der Waals surface area (Å²) in [6.07, 6.45) is 2.13. The van der Waals surface area contributed by atoms with Crippen LogP contribution in [0.3, 0.4) is 0 Å². The van der Waals surface area contributed by atoms with Gasteiger partial charge in [-0.25, -0.2) is 0 Å². The molecule has 76 valence electrons. The highest BCUT2D eigenvalue weighted by Gasteiger charge is 1.75. The van der Waals surface area contributed by atoms with Crippen molar-refractivity contribution in [1.29, 1.82) is 0 Å². The maximum atomic E-state index is 8.13. The fourth-order valence-electron chi connectivity index (χ4n) is 0.545. The Bertz CT molecular complexity index is 46.3. The Morgan fingerprint density at radius 3 is 1.83 bits per heavy atom. The van der Waals surface area contributed by atoms with Gasteiger partial charge in [0.25, 0.3) is 0 Å². The second-order valence-corrected chi connectivity index (χ2v) is 2.36. The van der Waals surface area contributed by atoms with Crippen LogP contribution in [0.5, 0.6) is 0 Å². The standard InChI is InChI=1S/C4H12N2.C4H11NO/c5-3-1-2-4-6;1-2-5-3-4-6/h1-6H2;5-6H,2-4H2,1H3. The molecule has 0 atom stereocenters. The Labute approximate surface area is 75.3 Å². The first-order valence-electron chi connectivity index (χ1n) is 4.55. The Morgan fingerprint density at radius 1 is 1.17 bits per heavy atom. The molecule has 4 nitrogen and oxygen atoms in total. The molecule has 0 saturated heterocycles. The summed E-state index contributed by atoms with van der Waals surface area (Å²) in [7, 11) is 0. The zero-order valence-electron chi connectivity index (χ0n) is 8.05. The first-order valence-corrected chi connectivity index (χ1v) is 4.55. The van der Waals surface area contributed by atoms with Gasteiger partial charge in [0.2, 0.25) is 0 Å². The molecule has 6 N–H and O–H groups in total. The van der Waals surface area contributed by atoms with E-state index in [9.17, 15) is 0 Å². The predicted octanol–water partition coefficient (Wildman–Crippen LogP) is -0.728. The van der Waals surface area contributed by atoms with E-state index in [4.69, 9.17) is 16.6 Å². The van der Waals surface area contributed by atoms with Gasteiger partial charge in [0.1, 0.15) is 0 Å². The van der Waals surface area contributed by atoms with Crippen LogP contribution in [0, 0.1) is 0 Å². The van der Waals surface area contributed by atoms with Crippen molar-refractivity contribution >= 4 is 0 Å². The lowest BCUT2D eigenvalue weighted by Gasteiger charge is -1.91. The Kier molecular flexibility index (Phi) is 20.4. The summed E-state index contributed by atoms with van der Waals surface area (Å²) in [5, 5.41) is 11.1. The number of likely N-dealkylation sites (N-methyl/N-ethyl adjacent to an activating group) is 1. The molecule has 0 fully saturated rings. The number of nitrogens with two attached hydrogens (primary N) is 2. The molecule has 4 heteroatoms. The molecular weight excluding hydrogens is 154 g/mol. The van der Waals surface area contributed by atoms with E-state index in [0.29, 0.717) is 0 Å². The van der Waals surface area contributed by atoms with Crippen molar-refractivity contribution in [3.8, 4) is 0 Å². The van der Waals surface area contributed by atoms with Gasteiger partial charge in [0.15, 0.2) is 0 Å². The molecule has 0 aliphatic heterocycles. The summed E-state index contributed by atoms with van der Waals surface area (Å²) in [5.74, 6) is 0. The molecule has 12 heavy (non-hydrogen) atoms. The van der Waals surface area contributed by atoms with Gasteiger partial charge in [0, 0.05) is 6.54 Å². The first kappa shape index (κ1) is 14.4. The molecule has 0 bridgehead atoms. The van der Waals surface area contributed by atoms with Gasteiger partial charge in [0.05, 0.1) is 6.61 Å². The molecule has 0 aromatic rings. The number of aliphatic hydroxyl groups excluding tert-OH is 1. The lowest BCUT2D eigenvalue weighted by Crippen LogP contribution is -2.16. The topological polar surface area (TPSA) is 84.3 Å². The maximum absolute atomic E-state index is 8.13. The molecule has 0 aliphatic rings. The molecule has 0 aromatic heterocycles. The van der Waals surface area contributed by atoms with Crippen molar-refractivity contribution in [3.05, 3.63) is 0 Å². The van der Waals surface area contributed by atoms with E-state index in [1.165, 1.54) is 0 Å². The van der Waals surface area contributed by atoms with Crippen molar-refractivity contribution in [3.63, 3.8) is 0 Å². The van der Waals surface area contributed by atoms with Crippen molar-refractivity contribution in [2.75, 3.05) is 32.8 Å². The molecule has 0 aromatic carbocycles. The average molecular weight is 177 g/mol. The van der Waals surface area contributed by atoms with Crippen LogP contribution in [0.4, 0.5) is 0 Å². The summed E-state index contributed by atoms with van der Waals surface area (Å²) in [6.45, 7) is 5.47. The molecule has 0 heterocycles.